The highest BCUT2D eigenvalue weighted by molar-refractivity contribution is 6.31. The van der Waals surface area contributed by atoms with E-state index in [1.165, 1.54) is 6.07 Å². The maximum atomic E-state index is 12.6. The van der Waals surface area contributed by atoms with Gasteiger partial charge in [0.1, 0.15) is 0 Å². The summed E-state index contributed by atoms with van der Waals surface area (Å²) in [6.07, 6.45) is -3.87. The molecule has 0 heterocycles. The summed E-state index contributed by atoms with van der Waals surface area (Å²) in [7, 11) is 0. The number of alkyl halides is 3. The summed E-state index contributed by atoms with van der Waals surface area (Å²) in [4.78, 5) is 22.5. The Hall–Kier alpha value is -1.76. The zero-order chi connectivity index (χ0) is 16.0. The summed E-state index contributed by atoms with van der Waals surface area (Å²) in [5.74, 6) is -1.27. The lowest BCUT2D eigenvalue weighted by Crippen LogP contribution is -2.21. The fraction of sp³-hybridized carbons (Fsp3) is 0.385. The van der Waals surface area contributed by atoms with Crippen LogP contribution in [0.2, 0.25) is 5.02 Å². The van der Waals surface area contributed by atoms with Gasteiger partial charge < -0.3 is 10.1 Å². The third kappa shape index (κ3) is 5.63. The van der Waals surface area contributed by atoms with Gasteiger partial charge in [0.05, 0.1) is 10.6 Å². The Labute approximate surface area is 124 Å². The first-order chi connectivity index (χ1) is 9.74. The number of hydrogen-bond donors (Lipinski definition) is 1. The van der Waals surface area contributed by atoms with Crippen molar-refractivity contribution in [1.29, 1.82) is 0 Å². The van der Waals surface area contributed by atoms with Crippen LogP contribution in [-0.4, -0.2) is 18.5 Å². The van der Waals surface area contributed by atoms with Gasteiger partial charge in [-0.15, -0.1) is 0 Å². The molecule has 0 spiro atoms. The van der Waals surface area contributed by atoms with Gasteiger partial charge in [-0.05, 0) is 24.6 Å². The number of rotatable bonds is 5. The van der Waals surface area contributed by atoms with Crippen molar-refractivity contribution in [3.8, 4) is 0 Å². The zero-order valence-electron chi connectivity index (χ0n) is 11.1. The van der Waals surface area contributed by atoms with Crippen LogP contribution in [0, 0.1) is 0 Å². The van der Waals surface area contributed by atoms with Crippen molar-refractivity contribution in [2.45, 2.75) is 25.9 Å². The number of esters is 1. The second-order valence-electron chi connectivity index (χ2n) is 4.15. The fourth-order valence-corrected chi connectivity index (χ4v) is 1.66. The molecule has 8 heteroatoms. The molecule has 0 aliphatic heterocycles. The Bertz CT molecular complexity index is 532. The van der Waals surface area contributed by atoms with E-state index in [4.69, 9.17) is 11.6 Å². The van der Waals surface area contributed by atoms with Crippen LogP contribution in [0.5, 0.6) is 0 Å². The zero-order valence-corrected chi connectivity index (χ0v) is 11.8. The number of hydrogen-bond acceptors (Lipinski definition) is 3. The third-order valence-electron chi connectivity index (χ3n) is 2.37. The smallest absolute Gasteiger partial charge is 0.417 e. The molecule has 0 saturated heterocycles. The SMILES string of the molecule is CCCC(=O)OCC(=O)Nc1ccc(Cl)c(C(F)(F)F)c1. The maximum Gasteiger partial charge on any atom is 0.417 e. The Kier molecular flexibility index (Phi) is 6.02. The van der Waals surface area contributed by atoms with Gasteiger partial charge in [0.2, 0.25) is 0 Å². The van der Waals surface area contributed by atoms with E-state index >= 15 is 0 Å². The van der Waals surface area contributed by atoms with Crippen LogP contribution in [0.25, 0.3) is 0 Å². The number of nitrogens with one attached hydrogen (secondary N) is 1. The normalized spacial score (nSPS) is 11.1. The van der Waals surface area contributed by atoms with E-state index in [2.05, 4.69) is 10.1 Å². The van der Waals surface area contributed by atoms with Crippen LogP contribution in [0.1, 0.15) is 25.3 Å². The third-order valence-corrected chi connectivity index (χ3v) is 2.70. The van der Waals surface area contributed by atoms with Crippen molar-refractivity contribution < 1.29 is 27.5 Å². The summed E-state index contributed by atoms with van der Waals surface area (Å²) in [6, 6.07) is 2.97. The van der Waals surface area contributed by atoms with Crippen molar-refractivity contribution in [3.05, 3.63) is 28.8 Å². The number of halogens is 4. The largest absolute Gasteiger partial charge is 0.456 e. The second kappa shape index (κ2) is 7.31. The molecule has 0 saturated carbocycles. The predicted molar refractivity (Wildman–Crippen MR) is 71.0 cm³/mol. The highest BCUT2D eigenvalue weighted by Gasteiger charge is 2.33. The summed E-state index contributed by atoms with van der Waals surface area (Å²) in [5, 5.41) is 1.74. The van der Waals surface area contributed by atoms with Gasteiger partial charge in [0.25, 0.3) is 5.91 Å². The monoisotopic (exact) mass is 323 g/mol. The minimum atomic E-state index is -4.62. The lowest BCUT2D eigenvalue weighted by Gasteiger charge is -2.11. The van der Waals surface area contributed by atoms with Gasteiger partial charge in [0.15, 0.2) is 6.61 Å². The molecule has 1 rings (SSSR count). The molecule has 0 aliphatic carbocycles. The highest BCUT2D eigenvalue weighted by Crippen LogP contribution is 2.36. The van der Waals surface area contributed by atoms with Gasteiger partial charge in [0, 0.05) is 12.1 Å². The van der Waals surface area contributed by atoms with E-state index in [0.29, 0.717) is 12.5 Å². The van der Waals surface area contributed by atoms with Gasteiger partial charge in [-0.1, -0.05) is 18.5 Å². The molecule has 1 aromatic rings. The van der Waals surface area contributed by atoms with E-state index in [-0.39, 0.29) is 12.1 Å². The van der Waals surface area contributed by atoms with Crippen molar-refractivity contribution in [2.24, 2.45) is 0 Å². The molecule has 1 amide bonds. The summed E-state index contributed by atoms with van der Waals surface area (Å²) in [5.41, 5.74) is -1.13. The molecule has 0 atom stereocenters. The second-order valence-corrected chi connectivity index (χ2v) is 4.56. The first-order valence-electron chi connectivity index (χ1n) is 6.06. The minimum Gasteiger partial charge on any atom is -0.456 e. The van der Waals surface area contributed by atoms with Gasteiger partial charge in [-0.25, -0.2) is 0 Å². The average Bonchev–Trinajstić information content (AvgIpc) is 2.38. The Morgan fingerprint density at radius 3 is 2.57 bits per heavy atom. The van der Waals surface area contributed by atoms with Gasteiger partial charge >= 0.3 is 12.1 Å². The van der Waals surface area contributed by atoms with E-state index in [9.17, 15) is 22.8 Å². The molecule has 0 fully saturated rings. The predicted octanol–water partition coefficient (Wildman–Crippen LogP) is 3.64. The molecule has 1 aromatic carbocycles. The minimum absolute atomic E-state index is 0.0803. The van der Waals surface area contributed by atoms with E-state index in [0.717, 1.165) is 6.07 Å². The number of carbonyl (C=O) groups is 2. The lowest BCUT2D eigenvalue weighted by molar-refractivity contribution is -0.147. The Morgan fingerprint density at radius 1 is 1.33 bits per heavy atom. The fourth-order valence-electron chi connectivity index (χ4n) is 1.44. The summed E-state index contributed by atoms with van der Waals surface area (Å²) in [6.45, 7) is 1.22. The Morgan fingerprint density at radius 2 is 2.00 bits per heavy atom. The maximum absolute atomic E-state index is 12.6. The molecule has 0 aromatic heterocycles. The first-order valence-corrected chi connectivity index (χ1v) is 6.44. The van der Waals surface area contributed by atoms with Crippen LogP contribution < -0.4 is 5.32 Å². The molecule has 0 bridgehead atoms. The number of amides is 1. The van der Waals surface area contributed by atoms with Crippen molar-refractivity contribution in [3.63, 3.8) is 0 Å². The standard InChI is InChI=1S/C13H13ClF3NO3/c1-2-3-12(20)21-7-11(19)18-8-4-5-10(14)9(6-8)13(15,16)17/h4-6H,2-3,7H2,1H3,(H,18,19). The average molecular weight is 324 g/mol. The molecule has 0 unspecified atom stereocenters. The number of ether oxygens (including phenoxy) is 1. The number of benzene rings is 1. The van der Waals surface area contributed by atoms with E-state index < -0.39 is 35.2 Å². The van der Waals surface area contributed by atoms with Gasteiger partial charge in [-0.3, -0.25) is 9.59 Å². The molecule has 0 radical (unpaired) electrons. The van der Waals surface area contributed by atoms with Crippen LogP contribution in [0.15, 0.2) is 18.2 Å². The molecule has 0 aliphatic rings. The molecule has 116 valence electrons. The van der Waals surface area contributed by atoms with E-state index in [1.807, 2.05) is 0 Å². The van der Waals surface area contributed by atoms with Crippen LogP contribution >= 0.6 is 11.6 Å². The highest BCUT2D eigenvalue weighted by atomic mass is 35.5. The van der Waals surface area contributed by atoms with Gasteiger partial charge in [-0.2, -0.15) is 13.2 Å². The van der Waals surface area contributed by atoms with E-state index in [1.54, 1.807) is 6.92 Å². The Balaban J connectivity index is 2.67. The van der Waals surface area contributed by atoms with Crippen LogP contribution in [0.4, 0.5) is 18.9 Å². The molecule has 4 nitrogen and oxygen atoms in total. The van der Waals surface area contributed by atoms with Crippen molar-refractivity contribution >= 4 is 29.2 Å². The quantitative estimate of drug-likeness (QED) is 0.842. The van der Waals surface area contributed by atoms with Crippen molar-refractivity contribution in [1.82, 2.24) is 0 Å². The molecule has 21 heavy (non-hydrogen) atoms. The molecular formula is C13H13ClF3NO3. The molecular weight excluding hydrogens is 311 g/mol. The van der Waals surface area contributed by atoms with Crippen LogP contribution in [-0.2, 0) is 20.5 Å². The lowest BCUT2D eigenvalue weighted by atomic mass is 10.2. The van der Waals surface area contributed by atoms with Crippen LogP contribution in [0.3, 0.4) is 0 Å². The number of anilines is 1. The number of carbonyl (C=O) groups excluding carboxylic acids is 2. The summed E-state index contributed by atoms with van der Waals surface area (Å²) < 4.78 is 42.6. The topological polar surface area (TPSA) is 55.4 Å². The first kappa shape index (κ1) is 17.3. The molecule has 1 N–H and O–H groups in total. The summed E-state index contributed by atoms with van der Waals surface area (Å²) >= 11 is 5.45. The van der Waals surface area contributed by atoms with Crippen molar-refractivity contribution in [2.75, 3.05) is 11.9 Å².